The first-order valence-electron chi connectivity index (χ1n) is 5.01. The van der Waals surface area contributed by atoms with Gasteiger partial charge >= 0.3 is 0 Å². The molecule has 0 aliphatic heterocycles. The summed E-state index contributed by atoms with van der Waals surface area (Å²) in [6.45, 7) is 2.95. The molecule has 0 saturated carbocycles. The van der Waals surface area contributed by atoms with E-state index in [4.69, 9.17) is 4.52 Å². The van der Waals surface area contributed by atoms with Crippen molar-refractivity contribution >= 4 is 0 Å². The molecule has 5 nitrogen and oxygen atoms in total. The number of aromatic hydroxyl groups is 1. The minimum atomic E-state index is 0.204. The lowest BCUT2D eigenvalue weighted by Gasteiger charge is -2.05. The van der Waals surface area contributed by atoms with Gasteiger partial charge in [-0.25, -0.2) is 0 Å². The Balaban J connectivity index is 1.92. The van der Waals surface area contributed by atoms with Crippen LogP contribution in [0.15, 0.2) is 28.9 Å². The predicted molar refractivity (Wildman–Crippen MR) is 57.7 cm³/mol. The molecule has 0 aliphatic carbocycles. The molecule has 0 aliphatic rings. The third kappa shape index (κ3) is 2.58. The van der Waals surface area contributed by atoms with Crippen LogP contribution in [0.4, 0.5) is 0 Å². The Kier molecular flexibility index (Phi) is 3.16. The van der Waals surface area contributed by atoms with Crippen molar-refractivity contribution in [2.45, 2.75) is 20.0 Å². The average Bonchev–Trinajstić information content (AvgIpc) is 2.76. The van der Waals surface area contributed by atoms with Gasteiger partial charge in [0.25, 0.3) is 0 Å². The maximum absolute atomic E-state index is 9.55. The molecule has 0 atom stereocenters. The first-order valence-corrected chi connectivity index (χ1v) is 5.01. The van der Waals surface area contributed by atoms with Gasteiger partial charge in [-0.05, 0) is 19.1 Å². The van der Waals surface area contributed by atoms with E-state index in [1.807, 2.05) is 6.92 Å². The van der Waals surface area contributed by atoms with Crippen molar-refractivity contribution in [1.29, 1.82) is 0 Å². The summed E-state index contributed by atoms with van der Waals surface area (Å²) in [5.41, 5.74) is 1.52. The predicted octanol–water partition coefficient (Wildman–Crippen LogP) is 1.37. The van der Waals surface area contributed by atoms with Crippen LogP contribution in [-0.2, 0) is 13.1 Å². The minimum absolute atomic E-state index is 0.204. The average molecular weight is 219 g/mol. The van der Waals surface area contributed by atoms with Crippen molar-refractivity contribution in [3.63, 3.8) is 0 Å². The highest BCUT2D eigenvalue weighted by atomic mass is 16.5. The second-order valence-electron chi connectivity index (χ2n) is 3.50. The normalized spacial score (nSPS) is 10.6. The van der Waals surface area contributed by atoms with Crippen LogP contribution in [0, 0.1) is 6.92 Å². The van der Waals surface area contributed by atoms with Crippen molar-refractivity contribution in [1.82, 2.24) is 15.5 Å². The van der Waals surface area contributed by atoms with Crippen molar-refractivity contribution in [3.8, 4) is 5.75 Å². The Morgan fingerprint density at radius 3 is 2.94 bits per heavy atom. The molecule has 0 unspecified atom stereocenters. The molecule has 2 heterocycles. The monoisotopic (exact) mass is 219 g/mol. The van der Waals surface area contributed by atoms with Crippen molar-refractivity contribution < 1.29 is 9.63 Å². The Morgan fingerprint density at radius 1 is 1.31 bits per heavy atom. The molecule has 0 fully saturated rings. The number of hydrogen-bond donors (Lipinski definition) is 2. The highest BCUT2D eigenvalue weighted by Gasteiger charge is 2.03. The van der Waals surface area contributed by atoms with Gasteiger partial charge < -0.3 is 14.9 Å². The maximum Gasteiger partial charge on any atom is 0.150 e. The SMILES string of the molecule is Cc1ccc(O)c(CNCc2ccno2)n1. The van der Waals surface area contributed by atoms with E-state index in [0.29, 0.717) is 18.8 Å². The number of nitrogens with zero attached hydrogens (tertiary/aromatic N) is 2. The van der Waals surface area contributed by atoms with Gasteiger partial charge in [0.2, 0.25) is 0 Å². The molecule has 0 bridgehead atoms. The van der Waals surface area contributed by atoms with E-state index in [1.54, 1.807) is 24.4 Å². The van der Waals surface area contributed by atoms with E-state index >= 15 is 0 Å². The lowest BCUT2D eigenvalue weighted by Crippen LogP contribution is -2.13. The van der Waals surface area contributed by atoms with Gasteiger partial charge in [-0.2, -0.15) is 0 Å². The molecule has 2 aromatic heterocycles. The van der Waals surface area contributed by atoms with E-state index in [0.717, 1.165) is 11.5 Å². The molecule has 0 spiro atoms. The molecule has 84 valence electrons. The first-order chi connectivity index (χ1) is 7.75. The molecule has 5 heteroatoms. The van der Waals surface area contributed by atoms with Crippen molar-refractivity contribution in [2.24, 2.45) is 0 Å². The van der Waals surface area contributed by atoms with Crippen LogP contribution < -0.4 is 5.32 Å². The van der Waals surface area contributed by atoms with Gasteiger partial charge in [0.1, 0.15) is 11.5 Å². The Bertz CT molecular complexity index is 454. The Morgan fingerprint density at radius 2 is 2.19 bits per heavy atom. The summed E-state index contributed by atoms with van der Waals surface area (Å²) < 4.78 is 4.93. The third-order valence-electron chi connectivity index (χ3n) is 2.17. The summed E-state index contributed by atoms with van der Waals surface area (Å²) in [5.74, 6) is 0.961. The zero-order valence-electron chi connectivity index (χ0n) is 8.97. The number of aryl methyl sites for hydroxylation is 1. The van der Waals surface area contributed by atoms with Crippen molar-refractivity contribution in [2.75, 3.05) is 0 Å². The van der Waals surface area contributed by atoms with Gasteiger partial charge in [0, 0.05) is 18.3 Å². The number of pyridine rings is 1. The molecular formula is C11H13N3O2. The highest BCUT2D eigenvalue weighted by molar-refractivity contribution is 5.27. The fourth-order valence-electron chi connectivity index (χ4n) is 1.37. The van der Waals surface area contributed by atoms with Gasteiger partial charge in [0.15, 0.2) is 0 Å². The zero-order valence-corrected chi connectivity index (χ0v) is 8.97. The fourth-order valence-corrected chi connectivity index (χ4v) is 1.37. The van der Waals surface area contributed by atoms with E-state index in [1.165, 1.54) is 0 Å². The zero-order chi connectivity index (χ0) is 11.4. The van der Waals surface area contributed by atoms with Gasteiger partial charge in [-0.15, -0.1) is 0 Å². The highest BCUT2D eigenvalue weighted by Crippen LogP contribution is 2.14. The Hall–Kier alpha value is -1.88. The van der Waals surface area contributed by atoms with Crippen molar-refractivity contribution in [3.05, 3.63) is 41.5 Å². The van der Waals surface area contributed by atoms with E-state index in [-0.39, 0.29) is 5.75 Å². The number of rotatable bonds is 4. The fraction of sp³-hybridized carbons (Fsp3) is 0.273. The number of nitrogens with one attached hydrogen (secondary N) is 1. The second kappa shape index (κ2) is 4.76. The number of aromatic nitrogens is 2. The van der Waals surface area contributed by atoms with Gasteiger partial charge in [-0.1, -0.05) is 5.16 Å². The summed E-state index contributed by atoms with van der Waals surface area (Å²) >= 11 is 0. The molecule has 0 saturated heterocycles. The van der Waals surface area contributed by atoms with E-state index in [2.05, 4.69) is 15.5 Å². The van der Waals surface area contributed by atoms with Gasteiger partial charge in [-0.3, -0.25) is 4.98 Å². The molecule has 2 aromatic rings. The lowest BCUT2D eigenvalue weighted by atomic mass is 10.3. The topological polar surface area (TPSA) is 71.2 Å². The summed E-state index contributed by atoms with van der Waals surface area (Å²) in [6, 6.07) is 5.21. The summed E-state index contributed by atoms with van der Waals surface area (Å²) in [4.78, 5) is 4.23. The minimum Gasteiger partial charge on any atom is -0.506 e. The lowest BCUT2D eigenvalue weighted by molar-refractivity contribution is 0.371. The first kappa shape index (κ1) is 10.6. The van der Waals surface area contributed by atoms with E-state index < -0.39 is 0 Å². The molecule has 0 radical (unpaired) electrons. The molecule has 16 heavy (non-hydrogen) atoms. The standard InChI is InChI=1S/C11H13N3O2/c1-8-2-3-11(15)10(14-8)7-12-6-9-4-5-13-16-9/h2-5,12,15H,6-7H2,1H3. The van der Waals surface area contributed by atoms with Crippen LogP contribution >= 0.6 is 0 Å². The summed E-state index contributed by atoms with van der Waals surface area (Å²) in [7, 11) is 0. The quantitative estimate of drug-likeness (QED) is 0.812. The van der Waals surface area contributed by atoms with Crippen LogP contribution in [0.2, 0.25) is 0 Å². The molecule has 2 N–H and O–H groups in total. The molecule has 0 amide bonds. The summed E-state index contributed by atoms with van der Waals surface area (Å²) in [6.07, 6.45) is 1.60. The second-order valence-corrected chi connectivity index (χ2v) is 3.50. The smallest absolute Gasteiger partial charge is 0.150 e. The molecular weight excluding hydrogens is 206 g/mol. The Labute approximate surface area is 93.1 Å². The van der Waals surface area contributed by atoms with E-state index in [9.17, 15) is 5.11 Å². The summed E-state index contributed by atoms with van der Waals surface area (Å²) in [5, 5.41) is 16.3. The maximum atomic E-state index is 9.55. The van der Waals surface area contributed by atoms with Crippen LogP contribution in [0.25, 0.3) is 0 Å². The van der Waals surface area contributed by atoms with Crippen LogP contribution in [-0.4, -0.2) is 15.2 Å². The molecule has 2 rings (SSSR count). The molecule has 0 aromatic carbocycles. The van der Waals surface area contributed by atoms with Crippen LogP contribution in [0.1, 0.15) is 17.1 Å². The largest absolute Gasteiger partial charge is 0.506 e. The van der Waals surface area contributed by atoms with Crippen LogP contribution in [0.5, 0.6) is 5.75 Å². The van der Waals surface area contributed by atoms with Crippen LogP contribution in [0.3, 0.4) is 0 Å². The number of hydrogen-bond acceptors (Lipinski definition) is 5. The van der Waals surface area contributed by atoms with Gasteiger partial charge in [0.05, 0.1) is 18.4 Å². The third-order valence-corrected chi connectivity index (χ3v) is 2.17.